The molecule has 7 heteroatoms. The molecule has 0 aliphatic heterocycles. The van der Waals surface area contributed by atoms with Crippen LogP contribution in [-0.4, -0.2) is 31.9 Å². The van der Waals surface area contributed by atoms with Gasteiger partial charge in [0, 0.05) is 30.4 Å². The van der Waals surface area contributed by atoms with Crippen LogP contribution in [0.25, 0.3) is 10.9 Å². The second kappa shape index (κ2) is 7.06. The number of aliphatic imine (C=N–C) groups is 1. The van der Waals surface area contributed by atoms with Crippen molar-refractivity contribution in [1.82, 2.24) is 14.5 Å². The summed E-state index contributed by atoms with van der Waals surface area (Å²) >= 11 is 4.97. The smallest absolute Gasteiger partial charge is 0.264 e. The molecule has 2 aromatic heterocycles. The van der Waals surface area contributed by atoms with Gasteiger partial charge in [-0.05, 0) is 36.7 Å². The number of rotatable bonds is 5. The van der Waals surface area contributed by atoms with Crippen molar-refractivity contribution in [3.63, 3.8) is 0 Å². The minimum Gasteiger partial charge on any atom is -0.494 e. The first-order chi connectivity index (χ1) is 12.0. The molecular formula is C18H20N4O2S. The monoisotopic (exact) mass is 356 g/mol. The van der Waals surface area contributed by atoms with Gasteiger partial charge >= 0.3 is 0 Å². The lowest BCUT2D eigenvalue weighted by Gasteiger charge is -2.10. The molecule has 1 unspecified atom stereocenters. The van der Waals surface area contributed by atoms with Crippen LogP contribution in [0.5, 0.6) is 5.88 Å². The van der Waals surface area contributed by atoms with Gasteiger partial charge in [-0.1, -0.05) is 25.1 Å². The number of aromatic hydroxyl groups is 1. The number of aromatic nitrogens is 3. The van der Waals surface area contributed by atoms with Gasteiger partial charge in [-0.15, -0.1) is 0 Å². The Kier molecular flexibility index (Phi) is 4.85. The minimum atomic E-state index is -0.439. The fourth-order valence-electron chi connectivity index (χ4n) is 2.78. The molecule has 3 N–H and O–H groups in total. The van der Waals surface area contributed by atoms with Crippen molar-refractivity contribution >= 4 is 29.3 Å². The number of nitrogens with zero attached hydrogens (tertiary/aromatic N) is 2. The first-order valence-corrected chi connectivity index (χ1v) is 8.52. The highest BCUT2D eigenvalue weighted by atomic mass is 32.1. The summed E-state index contributed by atoms with van der Waals surface area (Å²) in [6.45, 7) is 2.05. The first-order valence-electron chi connectivity index (χ1n) is 8.11. The molecule has 1 atom stereocenters. The van der Waals surface area contributed by atoms with E-state index in [9.17, 15) is 9.90 Å². The molecule has 0 saturated heterocycles. The van der Waals surface area contributed by atoms with Crippen molar-refractivity contribution in [2.45, 2.75) is 25.8 Å². The van der Waals surface area contributed by atoms with Gasteiger partial charge in [-0.3, -0.25) is 19.3 Å². The standard InChI is InChI=1S/C18H20N4O2S/c1-3-12(8-11-9-20-15-7-5-4-6-13(11)15)19-10-14-16(23)21-18(25)22(2)17(14)24/h4-7,9-10,12,20,24H,3,8H2,1-2H3,(H,21,23,25). The zero-order valence-corrected chi connectivity index (χ0v) is 14.9. The Balaban J connectivity index is 1.88. The summed E-state index contributed by atoms with van der Waals surface area (Å²) in [5.74, 6) is -0.181. The lowest BCUT2D eigenvalue weighted by molar-refractivity contribution is 0.420. The zero-order valence-electron chi connectivity index (χ0n) is 14.1. The third-order valence-corrected chi connectivity index (χ3v) is 4.72. The van der Waals surface area contributed by atoms with Crippen LogP contribution < -0.4 is 5.56 Å². The fourth-order valence-corrected chi connectivity index (χ4v) is 2.96. The van der Waals surface area contributed by atoms with E-state index >= 15 is 0 Å². The molecule has 3 rings (SSSR count). The van der Waals surface area contributed by atoms with Crippen molar-refractivity contribution in [2.24, 2.45) is 12.0 Å². The Morgan fingerprint density at radius 1 is 1.40 bits per heavy atom. The molecule has 0 amide bonds. The molecule has 6 nitrogen and oxygen atoms in total. The molecular weight excluding hydrogens is 336 g/mol. The highest BCUT2D eigenvalue weighted by molar-refractivity contribution is 7.71. The molecule has 2 heterocycles. The lowest BCUT2D eigenvalue weighted by atomic mass is 10.0. The number of fused-ring (bicyclic) bond motifs is 1. The molecule has 0 bridgehead atoms. The van der Waals surface area contributed by atoms with Crippen molar-refractivity contribution in [3.8, 4) is 5.88 Å². The van der Waals surface area contributed by atoms with Gasteiger partial charge in [0.05, 0.1) is 6.04 Å². The number of H-pyrrole nitrogens is 2. The Morgan fingerprint density at radius 2 is 2.16 bits per heavy atom. The fraction of sp³-hybridized carbons (Fsp3) is 0.278. The highest BCUT2D eigenvalue weighted by Crippen LogP contribution is 2.20. The van der Waals surface area contributed by atoms with Crippen molar-refractivity contribution < 1.29 is 5.11 Å². The number of benzene rings is 1. The molecule has 25 heavy (non-hydrogen) atoms. The molecule has 0 radical (unpaired) electrons. The number of para-hydroxylation sites is 1. The maximum absolute atomic E-state index is 12.0. The molecule has 0 aliphatic rings. The van der Waals surface area contributed by atoms with E-state index in [0.717, 1.165) is 18.4 Å². The quantitative estimate of drug-likeness (QED) is 0.485. The Hall–Kier alpha value is -2.67. The van der Waals surface area contributed by atoms with E-state index in [2.05, 4.69) is 21.0 Å². The van der Waals surface area contributed by atoms with E-state index < -0.39 is 5.56 Å². The maximum atomic E-state index is 12.0. The van der Waals surface area contributed by atoms with E-state index in [-0.39, 0.29) is 22.3 Å². The van der Waals surface area contributed by atoms with E-state index in [0.29, 0.717) is 0 Å². The Labute approximate surface area is 149 Å². The van der Waals surface area contributed by atoms with E-state index in [1.54, 1.807) is 7.05 Å². The summed E-state index contributed by atoms with van der Waals surface area (Å²) in [4.78, 5) is 22.3. The molecule has 0 fully saturated rings. The van der Waals surface area contributed by atoms with Crippen LogP contribution in [0, 0.1) is 4.77 Å². The van der Waals surface area contributed by atoms with Crippen LogP contribution in [0.4, 0.5) is 0 Å². The normalized spacial score (nSPS) is 12.9. The average molecular weight is 356 g/mol. The summed E-state index contributed by atoms with van der Waals surface area (Å²) < 4.78 is 1.52. The molecule has 0 aliphatic carbocycles. The summed E-state index contributed by atoms with van der Waals surface area (Å²) in [5, 5.41) is 11.3. The van der Waals surface area contributed by atoms with Crippen LogP contribution in [-0.2, 0) is 13.5 Å². The molecule has 3 aromatic rings. The van der Waals surface area contributed by atoms with E-state index in [4.69, 9.17) is 12.2 Å². The van der Waals surface area contributed by atoms with Crippen LogP contribution in [0.15, 0.2) is 40.2 Å². The largest absolute Gasteiger partial charge is 0.494 e. The number of nitrogens with one attached hydrogen (secondary N) is 2. The Bertz CT molecular complexity index is 1050. The number of hydrogen-bond donors (Lipinski definition) is 3. The van der Waals surface area contributed by atoms with E-state index in [1.807, 2.05) is 31.3 Å². The minimum absolute atomic E-state index is 0.00601. The van der Waals surface area contributed by atoms with Gasteiger partial charge in [0.25, 0.3) is 5.56 Å². The van der Waals surface area contributed by atoms with Crippen molar-refractivity contribution in [1.29, 1.82) is 0 Å². The van der Waals surface area contributed by atoms with Gasteiger partial charge in [0.15, 0.2) is 4.77 Å². The predicted molar refractivity (Wildman–Crippen MR) is 102 cm³/mol. The van der Waals surface area contributed by atoms with Gasteiger partial charge in [-0.2, -0.15) is 0 Å². The zero-order chi connectivity index (χ0) is 18.0. The third kappa shape index (κ3) is 3.41. The first kappa shape index (κ1) is 17.2. The summed E-state index contributed by atoms with van der Waals surface area (Å²) in [5.41, 5.74) is 1.96. The maximum Gasteiger partial charge on any atom is 0.264 e. The molecule has 130 valence electrons. The van der Waals surface area contributed by atoms with Crippen LogP contribution in [0.1, 0.15) is 24.5 Å². The van der Waals surface area contributed by atoms with Gasteiger partial charge in [0.1, 0.15) is 5.56 Å². The second-order valence-electron chi connectivity index (χ2n) is 5.96. The van der Waals surface area contributed by atoms with Crippen LogP contribution >= 0.6 is 12.2 Å². The van der Waals surface area contributed by atoms with Crippen molar-refractivity contribution in [2.75, 3.05) is 0 Å². The predicted octanol–water partition coefficient (Wildman–Crippen LogP) is 3.07. The molecule has 0 spiro atoms. The topological polar surface area (TPSA) is 86.2 Å². The van der Waals surface area contributed by atoms with Crippen LogP contribution in [0.2, 0.25) is 0 Å². The lowest BCUT2D eigenvalue weighted by Crippen LogP contribution is -2.18. The van der Waals surface area contributed by atoms with Crippen molar-refractivity contribution in [3.05, 3.63) is 56.7 Å². The second-order valence-corrected chi connectivity index (χ2v) is 6.35. The third-order valence-electron chi connectivity index (χ3n) is 4.34. The molecule has 0 saturated carbocycles. The SMILES string of the molecule is CCC(Cc1c[nH]c2ccccc12)N=Cc1c(O)n(C)c(=S)[nH]c1=O. The van der Waals surface area contributed by atoms with Gasteiger partial charge < -0.3 is 10.1 Å². The Morgan fingerprint density at radius 3 is 2.92 bits per heavy atom. The van der Waals surface area contributed by atoms with Gasteiger partial charge in [-0.25, -0.2) is 0 Å². The highest BCUT2D eigenvalue weighted by Gasteiger charge is 2.12. The van der Waals surface area contributed by atoms with Crippen LogP contribution in [0.3, 0.4) is 0 Å². The average Bonchev–Trinajstić information content (AvgIpc) is 3.01. The summed E-state index contributed by atoms with van der Waals surface area (Å²) in [6, 6.07) is 8.13. The molecule has 1 aromatic carbocycles. The summed E-state index contributed by atoms with van der Waals surface area (Å²) in [6.07, 6.45) is 5.01. The number of aromatic amines is 2. The van der Waals surface area contributed by atoms with E-state index in [1.165, 1.54) is 21.7 Å². The number of hydrogen-bond acceptors (Lipinski definition) is 4. The van der Waals surface area contributed by atoms with Gasteiger partial charge in [0.2, 0.25) is 5.88 Å². The summed E-state index contributed by atoms with van der Waals surface area (Å²) in [7, 11) is 1.59.